The molecule has 0 fully saturated rings. The van der Waals surface area contributed by atoms with Crippen molar-refractivity contribution in [1.82, 2.24) is 5.32 Å². The van der Waals surface area contributed by atoms with Crippen molar-refractivity contribution in [2.45, 2.75) is 51.5 Å². The molecule has 0 bridgehead atoms. The minimum absolute atomic E-state index is 0.311. The summed E-state index contributed by atoms with van der Waals surface area (Å²) in [5.41, 5.74) is 0.210. The van der Waals surface area contributed by atoms with E-state index in [1.54, 1.807) is 13.0 Å². The average molecular weight is 434 g/mol. The van der Waals surface area contributed by atoms with Gasteiger partial charge < -0.3 is 15.2 Å². The minimum Gasteiger partial charge on any atom is -0.492 e. The first kappa shape index (κ1) is 23.3. The Kier molecular flexibility index (Phi) is 7.87. The third kappa shape index (κ3) is 5.28. The van der Waals surface area contributed by atoms with Crippen LogP contribution in [0.4, 0.5) is 0 Å². The highest BCUT2D eigenvalue weighted by Crippen LogP contribution is 2.31. The second kappa shape index (κ2) is 10.8. The second-order valence-electron chi connectivity index (χ2n) is 8.05. The minimum atomic E-state index is -1.29. The van der Waals surface area contributed by atoms with E-state index in [2.05, 4.69) is 5.32 Å². The monoisotopic (exact) mass is 433 g/mol. The maximum Gasteiger partial charge on any atom is 0.329 e. The number of carbonyl (C=O) groups is 2. The number of benzene rings is 3. The molecule has 0 aromatic heterocycles. The van der Waals surface area contributed by atoms with Gasteiger partial charge in [0.2, 0.25) is 0 Å². The Balaban J connectivity index is 1.91. The summed E-state index contributed by atoms with van der Waals surface area (Å²) < 4.78 is 6.16. The first-order chi connectivity index (χ1) is 15.5. The van der Waals surface area contributed by atoms with Crippen molar-refractivity contribution in [2.75, 3.05) is 6.61 Å². The lowest BCUT2D eigenvalue weighted by Crippen LogP contribution is -2.54. The van der Waals surface area contributed by atoms with E-state index >= 15 is 0 Å². The Morgan fingerprint density at radius 3 is 2.38 bits per heavy atom. The highest BCUT2D eigenvalue weighted by molar-refractivity contribution is 6.05. The molecule has 2 N–H and O–H groups in total. The van der Waals surface area contributed by atoms with E-state index in [0.717, 1.165) is 29.2 Å². The number of hydrogen-bond acceptors (Lipinski definition) is 3. The van der Waals surface area contributed by atoms with Crippen molar-refractivity contribution < 1.29 is 19.4 Å². The number of nitrogens with one attached hydrogen (secondary N) is 1. The number of amides is 1. The molecule has 3 aromatic rings. The predicted molar refractivity (Wildman–Crippen MR) is 127 cm³/mol. The van der Waals surface area contributed by atoms with E-state index in [1.807, 2.05) is 67.6 Å². The molecule has 0 aliphatic heterocycles. The summed E-state index contributed by atoms with van der Waals surface area (Å²) in [4.78, 5) is 25.4. The van der Waals surface area contributed by atoms with Crippen molar-refractivity contribution in [3.05, 3.63) is 77.9 Å². The van der Waals surface area contributed by atoms with Crippen LogP contribution in [0.3, 0.4) is 0 Å². The van der Waals surface area contributed by atoms with E-state index in [9.17, 15) is 14.7 Å². The summed E-state index contributed by atoms with van der Waals surface area (Å²) in [6.45, 7) is 4.21. The number of rotatable bonds is 11. The highest BCUT2D eigenvalue weighted by Gasteiger charge is 2.38. The van der Waals surface area contributed by atoms with Crippen LogP contribution in [0.5, 0.6) is 5.75 Å². The van der Waals surface area contributed by atoms with Gasteiger partial charge in [-0.15, -0.1) is 0 Å². The van der Waals surface area contributed by atoms with Crippen LogP contribution in [0, 0.1) is 0 Å². The van der Waals surface area contributed by atoms with Gasteiger partial charge in [-0.2, -0.15) is 0 Å². The number of ether oxygens (including phenoxy) is 1. The van der Waals surface area contributed by atoms with Crippen LogP contribution >= 0.6 is 0 Å². The molecular formula is C27H31NO4. The Bertz CT molecular complexity index is 1060. The number of hydrogen-bond donors (Lipinski definition) is 2. The summed E-state index contributed by atoms with van der Waals surface area (Å²) in [5.74, 6) is -0.942. The van der Waals surface area contributed by atoms with Crippen molar-refractivity contribution >= 4 is 22.6 Å². The number of aliphatic carboxylic acids is 1. The van der Waals surface area contributed by atoms with Gasteiger partial charge in [0, 0.05) is 11.8 Å². The largest absolute Gasteiger partial charge is 0.492 e. The topological polar surface area (TPSA) is 75.6 Å². The molecule has 5 nitrogen and oxygen atoms in total. The second-order valence-corrected chi connectivity index (χ2v) is 8.05. The van der Waals surface area contributed by atoms with Gasteiger partial charge in [-0.05, 0) is 29.9 Å². The van der Waals surface area contributed by atoms with Gasteiger partial charge >= 0.3 is 5.97 Å². The van der Waals surface area contributed by atoms with Crippen LogP contribution in [-0.2, 0) is 11.2 Å². The molecule has 0 spiro atoms. The maximum atomic E-state index is 13.3. The lowest BCUT2D eigenvalue weighted by molar-refractivity contribution is -0.145. The molecule has 0 saturated heterocycles. The van der Waals surface area contributed by atoms with Crippen molar-refractivity contribution in [3.63, 3.8) is 0 Å². The number of fused-ring (bicyclic) bond motifs is 1. The highest BCUT2D eigenvalue weighted by atomic mass is 16.5. The smallest absolute Gasteiger partial charge is 0.329 e. The average Bonchev–Trinajstić information content (AvgIpc) is 2.82. The molecule has 0 saturated carbocycles. The van der Waals surface area contributed by atoms with Crippen LogP contribution in [0.1, 0.15) is 55.5 Å². The van der Waals surface area contributed by atoms with E-state index in [-0.39, 0.29) is 0 Å². The number of carboxylic acids is 1. The molecule has 3 rings (SSSR count). The van der Waals surface area contributed by atoms with Gasteiger partial charge in [0.1, 0.15) is 11.3 Å². The van der Waals surface area contributed by atoms with E-state index < -0.39 is 17.4 Å². The Labute approximate surface area is 189 Å². The van der Waals surface area contributed by atoms with E-state index in [0.29, 0.717) is 37.2 Å². The van der Waals surface area contributed by atoms with Crippen molar-refractivity contribution in [2.24, 2.45) is 0 Å². The number of unbranched alkanes of at least 4 members (excludes halogenated alkanes) is 1. The zero-order valence-electron chi connectivity index (χ0n) is 18.8. The molecule has 32 heavy (non-hydrogen) atoms. The lowest BCUT2D eigenvalue weighted by Gasteiger charge is -2.30. The summed E-state index contributed by atoms with van der Waals surface area (Å²) >= 11 is 0. The molecule has 0 heterocycles. The lowest BCUT2D eigenvalue weighted by atomic mass is 9.89. The van der Waals surface area contributed by atoms with Crippen LogP contribution in [0.2, 0.25) is 0 Å². The van der Waals surface area contributed by atoms with E-state index in [4.69, 9.17) is 4.74 Å². The van der Waals surface area contributed by atoms with Gasteiger partial charge in [-0.3, -0.25) is 4.79 Å². The Morgan fingerprint density at radius 2 is 1.69 bits per heavy atom. The van der Waals surface area contributed by atoms with Crippen LogP contribution in [-0.4, -0.2) is 29.1 Å². The molecule has 1 unspecified atom stereocenters. The predicted octanol–water partition coefficient (Wildman–Crippen LogP) is 5.61. The first-order valence-corrected chi connectivity index (χ1v) is 11.2. The Morgan fingerprint density at radius 1 is 0.969 bits per heavy atom. The zero-order chi connectivity index (χ0) is 23.0. The molecule has 1 atom stereocenters. The quantitative estimate of drug-likeness (QED) is 0.412. The molecule has 0 aliphatic rings. The normalized spacial score (nSPS) is 12.8. The number of carboxylic acid groups (broad SMARTS) is 1. The number of carbonyl (C=O) groups excluding carboxylic acids is 1. The van der Waals surface area contributed by atoms with E-state index in [1.165, 1.54) is 0 Å². The summed E-state index contributed by atoms with van der Waals surface area (Å²) in [7, 11) is 0. The van der Waals surface area contributed by atoms with Crippen LogP contribution < -0.4 is 10.1 Å². The molecule has 0 aliphatic carbocycles. The van der Waals surface area contributed by atoms with Gasteiger partial charge in [-0.1, -0.05) is 87.4 Å². The molecule has 0 radical (unpaired) electrons. The SMILES string of the molecule is CCCCC(CC)(NC(=O)c1ccc2ccccc2c1OCCc1ccccc1)C(=O)O. The van der Waals surface area contributed by atoms with Crippen LogP contribution in [0.15, 0.2) is 66.7 Å². The van der Waals surface area contributed by atoms with Gasteiger partial charge in [0.05, 0.1) is 12.2 Å². The third-order valence-corrected chi connectivity index (χ3v) is 5.93. The van der Waals surface area contributed by atoms with Crippen LogP contribution in [0.25, 0.3) is 10.8 Å². The van der Waals surface area contributed by atoms with Crippen molar-refractivity contribution in [1.29, 1.82) is 0 Å². The molecule has 5 heteroatoms. The third-order valence-electron chi connectivity index (χ3n) is 5.93. The Hall–Kier alpha value is -3.34. The van der Waals surface area contributed by atoms with Gasteiger partial charge in [-0.25, -0.2) is 4.79 Å². The van der Waals surface area contributed by atoms with Gasteiger partial charge in [0.15, 0.2) is 0 Å². The summed E-state index contributed by atoms with van der Waals surface area (Å²) in [6.07, 6.45) is 2.98. The molecular weight excluding hydrogens is 402 g/mol. The summed E-state index contributed by atoms with van der Waals surface area (Å²) in [5, 5.41) is 14.5. The molecule has 1 amide bonds. The fourth-order valence-corrected chi connectivity index (χ4v) is 3.90. The van der Waals surface area contributed by atoms with Gasteiger partial charge in [0.25, 0.3) is 5.91 Å². The fourth-order valence-electron chi connectivity index (χ4n) is 3.90. The first-order valence-electron chi connectivity index (χ1n) is 11.2. The van der Waals surface area contributed by atoms with Crippen molar-refractivity contribution in [3.8, 4) is 5.75 Å². The summed E-state index contributed by atoms with van der Waals surface area (Å²) in [6, 6.07) is 21.3. The standard InChI is InChI=1S/C27H31NO4/c1-3-5-18-27(4-2,26(30)31)28-25(29)23-16-15-21-13-9-10-14-22(21)24(23)32-19-17-20-11-7-6-8-12-20/h6-16H,3-5,17-19H2,1-2H3,(H,28,29)(H,30,31). The zero-order valence-corrected chi connectivity index (χ0v) is 18.8. The fraction of sp³-hybridized carbons (Fsp3) is 0.333. The maximum absolute atomic E-state index is 13.3. The molecule has 168 valence electrons. The molecule has 3 aromatic carbocycles.